The molecule has 3 heterocycles. The molecule has 1 aromatic carbocycles. The summed E-state index contributed by atoms with van der Waals surface area (Å²) in [5.41, 5.74) is 4.48. The molecule has 0 saturated heterocycles. The fourth-order valence-electron chi connectivity index (χ4n) is 4.39. The van der Waals surface area contributed by atoms with Gasteiger partial charge in [0.2, 0.25) is 0 Å². The fourth-order valence-corrected chi connectivity index (χ4v) is 4.39. The molecule has 0 saturated carbocycles. The number of aromatic nitrogens is 1. The van der Waals surface area contributed by atoms with Crippen molar-refractivity contribution in [3.05, 3.63) is 47.2 Å². The van der Waals surface area contributed by atoms with Crippen LogP contribution in [0.1, 0.15) is 43.3 Å². The normalized spacial score (nSPS) is 27.6. The maximum absolute atomic E-state index is 11.4. The summed E-state index contributed by atoms with van der Waals surface area (Å²) >= 11 is 0. The highest BCUT2D eigenvalue weighted by atomic mass is 16.3. The van der Waals surface area contributed by atoms with E-state index in [1.54, 1.807) is 0 Å². The minimum absolute atomic E-state index is 0.0922. The second kappa shape index (κ2) is 5.62. The largest absolute Gasteiger partial charge is 0.373 e. The van der Waals surface area contributed by atoms with E-state index in [0.29, 0.717) is 6.42 Å². The Morgan fingerprint density at radius 3 is 2.96 bits per heavy atom. The van der Waals surface area contributed by atoms with E-state index in [2.05, 4.69) is 28.1 Å². The summed E-state index contributed by atoms with van der Waals surface area (Å²) in [4.78, 5) is 11.4. The van der Waals surface area contributed by atoms with Crippen LogP contribution >= 0.6 is 0 Å². The molecule has 3 atom stereocenters. The van der Waals surface area contributed by atoms with E-state index in [9.17, 15) is 9.90 Å². The number of carbonyl (C=O) groups is 1. The number of nitrogens with one attached hydrogen (secondary N) is 1. The predicted octanol–water partition coefficient (Wildman–Crippen LogP) is 2.87. The van der Waals surface area contributed by atoms with Gasteiger partial charge in [0.05, 0.1) is 5.52 Å². The Kier molecular flexibility index (Phi) is 3.58. The predicted molar refractivity (Wildman–Crippen MR) is 90.2 cm³/mol. The third kappa shape index (κ3) is 2.17. The molecule has 1 aromatic heterocycles. The number of benzene rings is 1. The third-order valence-corrected chi connectivity index (χ3v) is 5.41. The van der Waals surface area contributed by atoms with Crippen LogP contribution in [-0.4, -0.2) is 22.5 Å². The zero-order valence-corrected chi connectivity index (χ0v) is 13.3. The molecule has 0 radical (unpaired) electrons. The van der Waals surface area contributed by atoms with E-state index in [-0.39, 0.29) is 12.0 Å². The number of aliphatic hydroxyl groups excluding tert-OH is 1. The standard InChI is InChI=1S/C19H22N2O2/c1-2-12(11-22)13-9-16-19-15(7-8-20-16)14-5-3-4-6-17(14)21(19)18(23)10-13/h2-6,11,13,16,18,20,23H,7-10H2,1H3/b12-2-/t13-,16-,18-/m0/s1. The minimum Gasteiger partial charge on any atom is -0.373 e. The maximum Gasteiger partial charge on any atom is 0.145 e. The number of hydrogen-bond acceptors (Lipinski definition) is 3. The quantitative estimate of drug-likeness (QED) is 0.662. The number of fused-ring (bicyclic) bond motifs is 3. The SMILES string of the molecule is C/C=C(/C=O)[C@H]1C[C@@H]2NCCc3c2n(c2ccccc32)[C@@H](O)C1. The van der Waals surface area contributed by atoms with Crippen LogP contribution in [-0.2, 0) is 11.2 Å². The molecule has 4 nitrogen and oxygen atoms in total. The van der Waals surface area contributed by atoms with Gasteiger partial charge in [-0.25, -0.2) is 0 Å². The lowest BCUT2D eigenvalue weighted by Crippen LogP contribution is -2.31. The number of hydrogen-bond donors (Lipinski definition) is 2. The van der Waals surface area contributed by atoms with Gasteiger partial charge in [-0.1, -0.05) is 24.3 Å². The first kappa shape index (κ1) is 14.7. The van der Waals surface area contributed by atoms with Crippen molar-refractivity contribution in [2.45, 2.75) is 38.5 Å². The molecule has 0 fully saturated rings. The second-order valence-corrected chi connectivity index (χ2v) is 6.56. The number of aliphatic hydroxyl groups is 1. The Bertz CT molecular complexity index is 790. The lowest BCUT2D eigenvalue weighted by Gasteiger charge is -2.26. The molecule has 23 heavy (non-hydrogen) atoms. The Morgan fingerprint density at radius 2 is 2.17 bits per heavy atom. The highest BCUT2D eigenvalue weighted by Gasteiger charge is 2.36. The van der Waals surface area contributed by atoms with Crippen LogP contribution in [0.15, 0.2) is 35.9 Å². The zero-order chi connectivity index (χ0) is 16.0. The van der Waals surface area contributed by atoms with Crippen molar-refractivity contribution in [3.63, 3.8) is 0 Å². The van der Waals surface area contributed by atoms with Gasteiger partial charge in [0.25, 0.3) is 0 Å². The summed E-state index contributed by atoms with van der Waals surface area (Å²) < 4.78 is 2.10. The van der Waals surface area contributed by atoms with E-state index in [1.165, 1.54) is 16.6 Å². The number of rotatable bonds is 2. The van der Waals surface area contributed by atoms with Crippen molar-refractivity contribution in [1.29, 1.82) is 0 Å². The van der Waals surface area contributed by atoms with Gasteiger partial charge in [-0.3, -0.25) is 4.79 Å². The van der Waals surface area contributed by atoms with E-state index in [1.807, 2.05) is 19.1 Å². The van der Waals surface area contributed by atoms with Gasteiger partial charge in [0.15, 0.2) is 0 Å². The summed E-state index contributed by atoms with van der Waals surface area (Å²) in [5, 5.41) is 15.7. The highest BCUT2D eigenvalue weighted by Crippen LogP contribution is 2.43. The molecule has 0 spiro atoms. The van der Waals surface area contributed by atoms with Crippen LogP contribution in [0.4, 0.5) is 0 Å². The van der Waals surface area contributed by atoms with Crippen LogP contribution < -0.4 is 5.32 Å². The van der Waals surface area contributed by atoms with Gasteiger partial charge in [0.1, 0.15) is 12.5 Å². The average molecular weight is 310 g/mol. The number of allylic oxidation sites excluding steroid dienone is 2. The first-order valence-corrected chi connectivity index (χ1v) is 8.39. The summed E-state index contributed by atoms with van der Waals surface area (Å²) in [6, 6.07) is 8.53. The Morgan fingerprint density at radius 1 is 1.35 bits per heavy atom. The number of carbonyl (C=O) groups excluding carboxylic acids is 1. The molecule has 0 unspecified atom stereocenters. The minimum atomic E-state index is -0.589. The van der Waals surface area contributed by atoms with Gasteiger partial charge in [-0.2, -0.15) is 0 Å². The number of para-hydroxylation sites is 1. The first-order chi connectivity index (χ1) is 11.2. The monoisotopic (exact) mass is 310 g/mol. The van der Waals surface area contributed by atoms with Crippen molar-refractivity contribution in [1.82, 2.24) is 9.88 Å². The molecule has 2 aromatic rings. The Labute approximate surface area is 135 Å². The van der Waals surface area contributed by atoms with Crippen molar-refractivity contribution in [3.8, 4) is 0 Å². The first-order valence-electron chi connectivity index (χ1n) is 8.39. The number of aldehydes is 1. The van der Waals surface area contributed by atoms with Crippen LogP contribution in [0.25, 0.3) is 10.9 Å². The van der Waals surface area contributed by atoms with Crippen molar-refractivity contribution in [2.24, 2.45) is 5.92 Å². The molecule has 2 aliphatic heterocycles. The number of nitrogens with zero attached hydrogens (tertiary/aromatic N) is 1. The Balaban J connectivity index is 1.90. The van der Waals surface area contributed by atoms with Gasteiger partial charge in [0, 0.05) is 17.1 Å². The van der Waals surface area contributed by atoms with Gasteiger partial charge < -0.3 is 15.0 Å². The van der Waals surface area contributed by atoms with Gasteiger partial charge >= 0.3 is 0 Å². The topological polar surface area (TPSA) is 54.3 Å². The molecule has 120 valence electrons. The van der Waals surface area contributed by atoms with Gasteiger partial charge in [-0.05, 0) is 55.9 Å². The van der Waals surface area contributed by atoms with E-state index < -0.39 is 6.23 Å². The molecule has 2 N–H and O–H groups in total. The van der Waals surface area contributed by atoms with Crippen molar-refractivity contribution >= 4 is 17.2 Å². The zero-order valence-electron chi connectivity index (χ0n) is 13.3. The molecule has 4 rings (SSSR count). The van der Waals surface area contributed by atoms with Crippen LogP contribution in [0.3, 0.4) is 0 Å². The van der Waals surface area contributed by atoms with Crippen molar-refractivity contribution < 1.29 is 9.90 Å². The van der Waals surface area contributed by atoms with E-state index in [4.69, 9.17) is 0 Å². The van der Waals surface area contributed by atoms with Gasteiger partial charge in [-0.15, -0.1) is 0 Å². The van der Waals surface area contributed by atoms with Crippen LogP contribution in [0, 0.1) is 5.92 Å². The van der Waals surface area contributed by atoms with Crippen LogP contribution in [0.2, 0.25) is 0 Å². The molecular formula is C19H22N2O2. The summed E-state index contributed by atoms with van der Waals surface area (Å²) in [7, 11) is 0. The maximum atomic E-state index is 11.4. The van der Waals surface area contributed by atoms with Crippen molar-refractivity contribution in [2.75, 3.05) is 6.54 Å². The Hall–Kier alpha value is -1.91. The summed E-state index contributed by atoms with van der Waals surface area (Å²) in [6.45, 7) is 2.84. The van der Waals surface area contributed by atoms with E-state index >= 15 is 0 Å². The average Bonchev–Trinajstić information content (AvgIpc) is 2.83. The lowest BCUT2D eigenvalue weighted by molar-refractivity contribution is -0.105. The molecular weight excluding hydrogens is 288 g/mol. The fraction of sp³-hybridized carbons (Fsp3) is 0.421. The summed E-state index contributed by atoms with van der Waals surface area (Å²) in [5.74, 6) is 0.0922. The summed E-state index contributed by atoms with van der Waals surface area (Å²) in [6.07, 6.45) is 4.67. The molecule has 2 aliphatic rings. The molecule has 0 amide bonds. The smallest absolute Gasteiger partial charge is 0.145 e. The second-order valence-electron chi connectivity index (χ2n) is 6.56. The third-order valence-electron chi connectivity index (χ3n) is 5.41. The molecule has 4 heteroatoms. The molecule has 0 bridgehead atoms. The molecule has 0 aliphatic carbocycles. The highest BCUT2D eigenvalue weighted by molar-refractivity contribution is 5.86. The van der Waals surface area contributed by atoms with Crippen LogP contribution in [0.5, 0.6) is 0 Å². The lowest BCUT2D eigenvalue weighted by atomic mass is 9.87. The van der Waals surface area contributed by atoms with E-state index in [0.717, 1.165) is 36.8 Å².